The average Bonchev–Trinajstić information content (AvgIpc) is 3.35. The van der Waals surface area contributed by atoms with Crippen LogP contribution in [0.3, 0.4) is 0 Å². The van der Waals surface area contributed by atoms with Gasteiger partial charge in [-0.15, -0.1) is 0 Å². The van der Waals surface area contributed by atoms with Gasteiger partial charge >= 0.3 is 5.97 Å². The first kappa shape index (κ1) is 50.7. The largest absolute Gasteiger partial charge is 0.478 e. The summed E-state index contributed by atoms with van der Waals surface area (Å²) in [5, 5.41) is 17.6. The maximum atomic E-state index is 13.5. The van der Waals surface area contributed by atoms with Crippen molar-refractivity contribution in [3.63, 3.8) is 0 Å². The number of carboxylic acid groups (broad SMARTS) is 1. The maximum absolute atomic E-state index is 13.5. The first-order valence-electron chi connectivity index (χ1n) is 23.5. The van der Waals surface area contributed by atoms with Gasteiger partial charge in [0.15, 0.2) is 0 Å². The molecule has 70 heavy (non-hydrogen) atoms. The summed E-state index contributed by atoms with van der Waals surface area (Å²) in [5.41, 5.74) is 8.82. The number of para-hydroxylation sites is 1. The molecule has 4 aromatic carbocycles. The van der Waals surface area contributed by atoms with Gasteiger partial charge in [-0.2, -0.15) is 0 Å². The molecule has 2 aliphatic heterocycles. The van der Waals surface area contributed by atoms with Crippen molar-refractivity contribution in [1.82, 2.24) is 15.2 Å². The van der Waals surface area contributed by atoms with Gasteiger partial charge < -0.3 is 48.9 Å². The number of nitrogens with zero attached hydrogens (tertiary/aromatic N) is 3. The Balaban J connectivity index is 0.766. The van der Waals surface area contributed by atoms with Gasteiger partial charge in [0.05, 0.1) is 76.7 Å². The molecule has 15 heteroatoms. The highest BCUT2D eigenvalue weighted by atomic mass is 16.6. The Morgan fingerprint density at radius 2 is 1.41 bits per heavy atom. The minimum Gasteiger partial charge on any atom is -0.478 e. The molecule has 0 saturated carbocycles. The zero-order valence-corrected chi connectivity index (χ0v) is 40.5. The van der Waals surface area contributed by atoms with E-state index in [4.69, 9.17) is 23.4 Å². The number of nitrogens with one attached hydrogen (secondary N) is 2. The molecule has 2 heterocycles. The van der Waals surface area contributed by atoms with E-state index in [0.717, 1.165) is 49.9 Å². The molecule has 0 fully saturated rings. The molecule has 0 radical (unpaired) electrons. The van der Waals surface area contributed by atoms with Crippen LogP contribution in [0.4, 0.5) is 11.4 Å². The normalized spacial score (nSPS) is 12.9. The zero-order valence-electron chi connectivity index (χ0n) is 40.5. The van der Waals surface area contributed by atoms with Crippen LogP contribution in [0.15, 0.2) is 108 Å². The van der Waals surface area contributed by atoms with Crippen molar-refractivity contribution in [3.8, 4) is 22.5 Å². The lowest BCUT2D eigenvalue weighted by Gasteiger charge is -2.28. The van der Waals surface area contributed by atoms with Crippen molar-refractivity contribution in [1.29, 1.82) is 0 Å². The van der Waals surface area contributed by atoms with E-state index in [-0.39, 0.29) is 62.4 Å². The second-order valence-corrected chi connectivity index (χ2v) is 17.3. The summed E-state index contributed by atoms with van der Waals surface area (Å²) in [4.78, 5) is 55.7. The summed E-state index contributed by atoms with van der Waals surface area (Å²) < 4.78 is 30.8. The highest BCUT2D eigenvalue weighted by Crippen LogP contribution is 2.42. The van der Waals surface area contributed by atoms with Crippen LogP contribution in [0.5, 0.6) is 0 Å². The smallest absolute Gasteiger partial charge is 0.336 e. The maximum Gasteiger partial charge on any atom is 0.336 e. The van der Waals surface area contributed by atoms with Crippen LogP contribution in [0.25, 0.3) is 45.1 Å². The third kappa shape index (κ3) is 12.9. The van der Waals surface area contributed by atoms with Gasteiger partial charge in [0.1, 0.15) is 25.4 Å². The van der Waals surface area contributed by atoms with Crippen molar-refractivity contribution in [2.45, 2.75) is 26.3 Å². The number of carbonyl (C=O) groups is 4. The van der Waals surface area contributed by atoms with E-state index in [2.05, 4.69) is 29.7 Å². The number of aromatic carboxylic acids is 1. The summed E-state index contributed by atoms with van der Waals surface area (Å²) in [6.45, 7) is 5.50. The number of carbonyl (C=O) groups excluding carboxylic acids is 3. The standard InChI is InChI=1S/C55H61N5O10/c1-37-32-38-10-7-9-13-48(38)60(36-40-11-6-8-12-43(37)40)52(62)20-22-56-51(61)21-24-66-26-28-68-30-31-69-29-27-67-25-23-57-54(63)39-14-17-44(55(64)65)47(33-39)53-45-18-15-41(58(2)3)34-49(45)70-50-35-42(59(4)5)16-19-46(50)53/h6-19,32-35H,20-31,36H2,1-5H3,(H2-,56,57,61,63,64,65)/p+1/b37-32-. The van der Waals surface area contributed by atoms with Gasteiger partial charge in [0, 0.05) is 79.9 Å². The lowest BCUT2D eigenvalue weighted by Crippen LogP contribution is -2.35. The van der Waals surface area contributed by atoms with Gasteiger partial charge in [0.2, 0.25) is 17.2 Å². The molecule has 7 rings (SSSR count). The molecular weight excluding hydrogens is 891 g/mol. The Labute approximate surface area is 408 Å². The SMILES string of the molecule is C/C1=C/c2ccccc2N(C(=O)CCNC(=O)CCOCCOCCOCCOCCNC(=O)c2ccc(C(=O)O)c(-c3c4ccc(=[N+](C)C)cc-4oc4cc(N(C)C)ccc34)c2)Cc2ccccc21. The molecule has 15 nitrogen and oxygen atoms in total. The summed E-state index contributed by atoms with van der Waals surface area (Å²) in [6, 6.07) is 32.2. The number of benzene rings is 5. The number of rotatable bonds is 22. The van der Waals surface area contributed by atoms with E-state index in [0.29, 0.717) is 74.2 Å². The topological polar surface area (TPSA) is 172 Å². The first-order valence-corrected chi connectivity index (χ1v) is 23.5. The van der Waals surface area contributed by atoms with Crippen molar-refractivity contribution < 1.29 is 47.6 Å². The van der Waals surface area contributed by atoms with Crippen LogP contribution in [0.1, 0.15) is 57.2 Å². The van der Waals surface area contributed by atoms with Gasteiger partial charge in [-0.1, -0.05) is 42.5 Å². The second kappa shape index (κ2) is 24.4. The van der Waals surface area contributed by atoms with E-state index in [1.54, 1.807) is 11.0 Å². The summed E-state index contributed by atoms with van der Waals surface area (Å²) in [5.74, 6) is -1.15. The van der Waals surface area contributed by atoms with Crippen molar-refractivity contribution in [2.24, 2.45) is 0 Å². The number of hydrogen-bond donors (Lipinski definition) is 3. The molecule has 0 spiro atoms. The number of carboxylic acids is 1. The highest BCUT2D eigenvalue weighted by molar-refractivity contribution is 6.09. The number of anilines is 2. The average molecular weight is 953 g/mol. The summed E-state index contributed by atoms with van der Waals surface area (Å²) in [6.07, 6.45) is 2.45. The molecule has 0 bridgehead atoms. The summed E-state index contributed by atoms with van der Waals surface area (Å²) >= 11 is 0. The minimum absolute atomic E-state index is 0.0621. The Bertz CT molecular complexity index is 2900. The van der Waals surface area contributed by atoms with Crippen molar-refractivity contribution in [3.05, 3.63) is 136 Å². The molecule has 3 amide bonds. The number of allylic oxidation sites excluding steroid dienone is 1. The molecule has 4 aromatic rings. The van der Waals surface area contributed by atoms with E-state index < -0.39 is 5.97 Å². The fraction of sp³-hybridized carbons (Fsp3) is 0.327. The van der Waals surface area contributed by atoms with E-state index >= 15 is 0 Å². The third-order valence-corrected chi connectivity index (χ3v) is 12.0. The number of amides is 3. The predicted octanol–water partition coefficient (Wildman–Crippen LogP) is 6.80. The Hall–Kier alpha value is -7.17. The van der Waals surface area contributed by atoms with E-state index in [1.165, 1.54) is 12.1 Å². The minimum atomic E-state index is -1.11. The van der Waals surface area contributed by atoms with Crippen LogP contribution in [0.2, 0.25) is 0 Å². The van der Waals surface area contributed by atoms with Gasteiger partial charge in [0.25, 0.3) is 5.91 Å². The lowest BCUT2D eigenvalue weighted by molar-refractivity contribution is -0.122. The molecule has 3 aliphatic rings. The highest BCUT2D eigenvalue weighted by Gasteiger charge is 2.25. The number of ether oxygens (including phenoxy) is 4. The van der Waals surface area contributed by atoms with Crippen LogP contribution in [-0.2, 0) is 35.1 Å². The monoisotopic (exact) mass is 952 g/mol. The molecular formula is C55H62N5O10+. The van der Waals surface area contributed by atoms with Crippen LogP contribution in [0, 0.1) is 0 Å². The molecule has 0 saturated heterocycles. The summed E-state index contributed by atoms with van der Waals surface area (Å²) in [7, 11) is 7.75. The lowest BCUT2D eigenvalue weighted by atomic mass is 9.89. The second-order valence-electron chi connectivity index (χ2n) is 17.3. The third-order valence-electron chi connectivity index (χ3n) is 12.0. The first-order chi connectivity index (χ1) is 33.9. The van der Waals surface area contributed by atoms with Crippen LogP contribution >= 0.6 is 0 Å². The quantitative estimate of drug-likeness (QED) is 0.0372. The predicted molar refractivity (Wildman–Crippen MR) is 272 cm³/mol. The molecule has 0 unspecified atom stereocenters. The fourth-order valence-electron chi connectivity index (χ4n) is 8.28. The number of fused-ring (bicyclic) bond motifs is 4. The number of hydrogen-bond acceptors (Lipinski definition) is 10. The molecule has 0 aromatic heterocycles. The van der Waals surface area contributed by atoms with E-state index in [1.807, 2.05) is 117 Å². The van der Waals surface area contributed by atoms with Crippen LogP contribution in [-0.4, -0.2) is 123 Å². The van der Waals surface area contributed by atoms with Crippen LogP contribution < -0.4 is 30.4 Å². The molecule has 1 aliphatic carbocycles. The Kier molecular flexibility index (Phi) is 17.7. The molecule has 366 valence electrons. The zero-order chi connectivity index (χ0) is 49.6. The van der Waals surface area contributed by atoms with E-state index in [9.17, 15) is 24.3 Å². The molecule has 0 atom stereocenters. The van der Waals surface area contributed by atoms with Crippen molar-refractivity contribution >= 4 is 57.7 Å². The van der Waals surface area contributed by atoms with Crippen molar-refractivity contribution in [2.75, 3.05) is 104 Å². The van der Waals surface area contributed by atoms with Gasteiger partial charge in [-0.3, -0.25) is 14.4 Å². The Morgan fingerprint density at radius 3 is 2.14 bits per heavy atom. The fourth-order valence-corrected chi connectivity index (χ4v) is 8.28. The molecule has 3 N–H and O–H groups in total. The Morgan fingerprint density at radius 1 is 0.714 bits per heavy atom. The van der Waals surface area contributed by atoms with Gasteiger partial charge in [-0.05, 0) is 83.3 Å². The van der Waals surface area contributed by atoms with Gasteiger partial charge in [-0.25, -0.2) is 9.37 Å².